The maximum Gasteiger partial charge on any atom is 0.0702 e. The van der Waals surface area contributed by atoms with E-state index in [1.807, 2.05) is 0 Å². The van der Waals surface area contributed by atoms with Gasteiger partial charge in [0.1, 0.15) is 0 Å². The second kappa shape index (κ2) is 6.14. The van der Waals surface area contributed by atoms with E-state index in [9.17, 15) is 0 Å². The van der Waals surface area contributed by atoms with Crippen LogP contribution in [0, 0.1) is 5.92 Å². The van der Waals surface area contributed by atoms with E-state index >= 15 is 0 Å². The highest BCUT2D eigenvalue weighted by atomic mass is 16.5. The molecule has 2 aliphatic rings. The van der Waals surface area contributed by atoms with Gasteiger partial charge in [0.05, 0.1) is 24.4 Å². The molecule has 0 aliphatic carbocycles. The topological polar surface area (TPSA) is 70.5 Å². The summed E-state index contributed by atoms with van der Waals surface area (Å²) in [5.41, 5.74) is 11.3. The van der Waals surface area contributed by atoms with E-state index in [4.69, 9.17) is 20.9 Å². The molecule has 0 aromatic rings. The zero-order chi connectivity index (χ0) is 12.3. The van der Waals surface area contributed by atoms with Crippen LogP contribution in [-0.2, 0) is 9.47 Å². The van der Waals surface area contributed by atoms with Gasteiger partial charge in [-0.2, -0.15) is 0 Å². The zero-order valence-electron chi connectivity index (χ0n) is 10.8. The fourth-order valence-electron chi connectivity index (χ4n) is 3.21. The molecular weight excluding hydrogens is 216 g/mol. The van der Waals surface area contributed by atoms with Crippen molar-refractivity contribution < 1.29 is 9.47 Å². The van der Waals surface area contributed by atoms with Crippen molar-refractivity contribution in [2.24, 2.45) is 17.4 Å². The van der Waals surface area contributed by atoms with Gasteiger partial charge in [-0.1, -0.05) is 6.92 Å². The van der Waals surface area contributed by atoms with E-state index in [2.05, 4.69) is 6.92 Å². The molecule has 4 unspecified atom stereocenters. The van der Waals surface area contributed by atoms with E-state index in [0.717, 1.165) is 32.1 Å². The molecule has 2 aliphatic heterocycles. The summed E-state index contributed by atoms with van der Waals surface area (Å²) in [6, 6.07) is 0. The second-order valence-electron chi connectivity index (χ2n) is 5.29. The minimum atomic E-state index is 0.265. The van der Waals surface area contributed by atoms with E-state index < -0.39 is 0 Å². The molecular formula is C13H26N2O2. The molecule has 4 N–H and O–H groups in total. The Morgan fingerprint density at radius 2 is 1.41 bits per heavy atom. The first-order valence-electron chi connectivity index (χ1n) is 6.99. The maximum atomic E-state index is 6.01. The Bertz CT molecular complexity index is 215. The fourth-order valence-corrected chi connectivity index (χ4v) is 3.21. The van der Waals surface area contributed by atoms with Crippen LogP contribution in [-0.4, -0.2) is 37.5 Å². The molecule has 0 amide bonds. The third-order valence-corrected chi connectivity index (χ3v) is 4.23. The second-order valence-corrected chi connectivity index (χ2v) is 5.29. The van der Waals surface area contributed by atoms with Crippen LogP contribution >= 0.6 is 0 Å². The summed E-state index contributed by atoms with van der Waals surface area (Å²) in [5.74, 6) is 0.517. The Balaban J connectivity index is 1.88. The van der Waals surface area contributed by atoms with Gasteiger partial charge >= 0.3 is 0 Å². The summed E-state index contributed by atoms with van der Waals surface area (Å²) in [5, 5.41) is 0. The number of nitrogens with two attached hydrogens (primary N) is 2. The molecule has 100 valence electrons. The first-order chi connectivity index (χ1) is 8.28. The molecule has 2 rings (SSSR count). The highest BCUT2D eigenvalue weighted by molar-refractivity contribution is 4.87. The maximum absolute atomic E-state index is 6.01. The molecule has 0 spiro atoms. The van der Waals surface area contributed by atoms with Gasteiger partial charge < -0.3 is 20.9 Å². The quantitative estimate of drug-likeness (QED) is 0.755. The molecule has 4 nitrogen and oxygen atoms in total. The van der Waals surface area contributed by atoms with Gasteiger partial charge in [-0.3, -0.25) is 0 Å². The minimum absolute atomic E-state index is 0.265. The Morgan fingerprint density at radius 3 is 1.71 bits per heavy atom. The van der Waals surface area contributed by atoms with Crippen molar-refractivity contribution in [1.82, 2.24) is 0 Å². The van der Waals surface area contributed by atoms with Crippen molar-refractivity contribution in [2.45, 2.75) is 63.4 Å². The van der Waals surface area contributed by atoms with Crippen LogP contribution in [0.25, 0.3) is 0 Å². The van der Waals surface area contributed by atoms with Gasteiger partial charge in [-0.15, -0.1) is 0 Å². The summed E-state index contributed by atoms with van der Waals surface area (Å²) >= 11 is 0. The van der Waals surface area contributed by atoms with Crippen molar-refractivity contribution in [3.05, 3.63) is 0 Å². The summed E-state index contributed by atoms with van der Waals surface area (Å²) in [6.45, 7) is 3.51. The van der Waals surface area contributed by atoms with Gasteiger partial charge in [-0.05, 0) is 32.1 Å². The van der Waals surface area contributed by atoms with Crippen LogP contribution in [0.4, 0.5) is 0 Å². The molecule has 4 heteroatoms. The van der Waals surface area contributed by atoms with E-state index in [-0.39, 0.29) is 12.2 Å². The lowest BCUT2D eigenvalue weighted by Gasteiger charge is -2.28. The summed E-state index contributed by atoms with van der Waals surface area (Å²) < 4.78 is 12.0. The van der Waals surface area contributed by atoms with E-state index in [1.165, 1.54) is 0 Å². The highest BCUT2D eigenvalue weighted by Gasteiger charge is 2.38. The average Bonchev–Trinajstić information content (AvgIpc) is 2.99. The molecule has 17 heavy (non-hydrogen) atoms. The molecule has 2 heterocycles. The number of hydrogen-bond donors (Lipinski definition) is 2. The van der Waals surface area contributed by atoms with Crippen LogP contribution in [0.15, 0.2) is 0 Å². The van der Waals surface area contributed by atoms with E-state index in [1.54, 1.807) is 0 Å². The molecule has 2 fully saturated rings. The molecule has 0 radical (unpaired) electrons. The lowest BCUT2D eigenvalue weighted by Crippen LogP contribution is -2.33. The monoisotopic (exact) mass is 242 g/mol. The lowest BCUT2D eigenvalue weighted by atomic mass is 9.90. The van der Waals surface area contributed by atoms with Gasteiger partial charge in [0.15, 0.2) is 0 Å². The smallest absolute Gasteiger partial charge is 0.0702 e. The summed E-state index contributed by atoms with van der Waals surface area (Å²) in [7, 11) is 0. The van der Waals surface area contributed by atoms with Gasteiger partial charge in [0, 0.05) is 19.0 Å². The van der Waals surface area contributed by atoms with Crippen molar-refractivity contribution in [1.29, 1.82) is 0 Å². The number of hydrogen-bond acceptors (Lipinski definition) is 4. The standard InChI is InChI=1S/C13H26N2O2/c1-2-11(12-5-3-9(7-14)16-12)13-6-4-10(8-15)17-13/h9-13H,2-8,14-15H2,1H3. The van der Waals surface area contributed by atoms with Crippen LogP contribution in [0.5, 0.6) is 0 Å². The van der Waals surface area contributed by atoms with Crippen molar-refractivity contribution in [2.75, 3.05) is 13.1 Å². The van der Waals surface area contributed by atoms with Crippen LogP contribution < -0.4 is 11.5 Å². The largest absolute Gasteiger partial charge is 0.373 e. The number of rotatable bonds is 5. The van der Waals surface area contributed by atoms with Crippen LogP contribution in [0.1, 0.15) is 39.0 Å². The zero-order valence-corrected chi connectivity index (χ0v) is 10.8. The molecule has 2 saturated heterocycles. The average molecular weight is 242 g/mol. The molecule has 0 aromatic heterocycles. The predicted molar refractivity (Wildman–Crippen MR) is 67.7 cm³/mol. The van der Waals surface area contributed by atoms with Crippen molar-refractivity contribution >= 4 is 0 Å². The first kappa shape index (κ1) is 13.3. The molecule has 0 aromatic carbocycles. The van der Waals surface area contributed by atoms with Crippen molar-refractivity contribution in [3.8, 4) is 0 Å². The molecule has 0 bridgehead atoms. The minimum Gasteiger partial charge on any atom is -0.373 e. The Morgan fingerprint density at radius 1 is 0.941 bits per heavy atom. The van der Waals surface area contributed by atoms with Crippen LogP contribution in [0.2, 0.25) is 0 Å². The Kier molecular flexibility index (Phi) is 4.79. The predicted octanol–water partition coefficient (Wildman–Crippen LogP) is 1.03. The number of ether oxygens (including phenoxy) is 2. The lowest BCUT2D eigenvalue weighted by molar-refractivity contribution is -0.0566. The Labute approximate surface area is 104 Å². The first-order valence-corrected chi connectivity index (χ1v) is 6.99. The summed E-state index contributed by atoms with van der Waals surface area (Å²) in [6.07, 6.45) is 6.80. The fraction of sp³-hybridized carbons (Fsp3) is 1.00. The third kappa shape index (κ3) is 2.99. The third-order valence-electron chi connectivity index (χ3n) is 4.23. The SMILES string of the molecule is CCC(C1CCC(CN)O1)C1CCC(CN)O1. The van der Waals surface area contributed by atoms with Gasteiger partial charge in [-0.25, -0.2) is 0 Å². The van der Waals surface area contributed by atoms with Crippen molar-refractivity contribution in [3.63, 3.8) is 0 Å². The summed E-state index contributed by atoms with van der Waals surface area (Å²) in [4.78, 5) is 0. The van der Waals surface area contributed by atoms with Crippen LogP contribution in [0.3, 0.4) is 0 Å². The normalized spacial score (nSPS) is 39.7. The van der Waals surface area contributed by atoms with Gasteiger partial charge in [0.25, 0.3) is 0 Å². The molecule has 0 saturated carbocycles. The molecule has 4 atom stereocenters. The van der Waals surface area contributed by atoms with Gasteiger partial charge in [0.2, 0.25) is 0 Å². The van der Waals surface area contributed by atoms with E-state index in [0.29, 0.717) is 31.2 Å². The Hall–Kier alpha value is -0.160. The highest BCUT2D eigenvalue weighted by Crippen LogP contribution is 2.35.